The van der Waals surface area contributed by atoms with Crippen LogP contribution in [0.2, 0.25) is 0 Å². The third-order valence-corrected chi connectivity index (χ3v) is 4.33. The highest BCUT2D eigenvalue weighted by Crippen LogP contribution is 2.19. The number of nitrogens with zero attached hydrogens (tertiary/aromatic N) is 2. The molecule has 0 radical (unpaired) electrons. The molecule has 0 aliphatic carbocycles. The van der Waals surface area contributed by atoms with E-state index >= 15 is 0 Å². The summed E-state index contributed by atoms with van der Waals surface area (Å²) in [6, 6.07) is 8.21. The number of benzene rings is 1. The zero-order valence-corrected chi connectivity index (χ0v) is 14.9. The average molecular weight is 348 g/mol. The molecule has 0 saturated carbocycles. The first kappa shape index (κ1) is 18.4. The maximum absolute atomic E-state index is 11.4. The summed E-state index contributed by atoms with van der Waals surface area (Å²) < 4.78 is 5.74. The average Bonchev–Trinajstić information content (AvgIpc) is 2.99. The van der Waals surface area contributed by atoms with E-state index in [9.17, 15) is 4.79 Å². The largest absolute Gasteiger partial charge is 0.494 e. The number of hydrogen-bond acceptors (Lipinski definition) is 6. The topological polar surface area (TPSA) is 90.1 Å². The number of ether oxygens (including phenoxy) is 1. The van der Waals surface area contributed by atoms with E-state index in [4.69, 9.17) is 10.5 Å². The van der Waals surface area contributed by atoms with Crippen LogP contribution < -0.4 is 15.8 Å². The second-order valence-electron chi connectivity index (χ2n) is 5.76. The molecule has 3 N–H and O–H groups in total. The zero-order valence-electron chi connectivity index (χ0n) is 14.1. The van der Waals surface area contributed by atoms with Crippen molar-refractivity contribution in [1.29, 1.82) is 0 Å². The van der Waals surface area contributed by atoms with E-state index in [1.807, 2.05) is 12.1 Å². The van der Waals surface area contributed by atoms with Gasteiger partial charge in [-0.3, -0.25) is 4.79 Å². The van der Waals surface area contributed by atoms with E-state index < -0.39 is 0 Å². The second-order valence-corrected chi connectivity index (χ2v) is 6.83. The lowest BCUT2D eigenvalue weighted by molar-refractivity contribution is -0.116. The molecule has 1 aromatic heterocycles. The van der Waals surface area contributed by atoms with Crippen LogP contribution in [0.3, 0.4) is 0 Å². The van der Waals surface area contributed by atoms with Gasteiger partial charge in [0.2, 0.25) is 11.0 Å². The Hall–Kier alpha value is -1.99. The summed E-state index contributed by atoms with van der Waals surface area (Å²) in [5.41, 5.74) is 6.64. The molecule has 0 aliphatic heterocycles. The van der Waals surface area contributed by atoms with Crippen LogP contribution in [0.1, 0.15) is 43.2 Å². The van der Waals surface area contributed by atoms with Gasteiger partial charge in [-0.15, -0.1) is 10.2 Å². The monoisotopic (exact) mass is 348 g/mol. The van der Waals surface area contributed by atoms with Crippen LogP contribution in [0.4, 0.5) is 5.13 Å². The lowest BCUT2D eigenvalue weighted by Gasteiger charge is -2.08. The smallest absolute Gasteiger partial charge is 0.227 e. The number of aromatic nitrogens is 2. The number of carbonyl (C=O) groups excluding carboxylic acids is 1. The predicted molar refractivity (Wildman–Crippen MR) is 96.6 cm³/mol. The molecular formula is C17H24N4O2S. The number of nitrogens with two attached hydrogens (primary N) is 1. The van der Waals surface area contributed by atoms with Crippen LogP contribution in [0.15, 0.2) is 24.3 Å². The maximum atomic E-state index is 11.4. The molecule has 1 aromatic carbocycles. The van der Waals surface area contributed by atoms with Gasteiger partial charge in [-0.25, -0.2) is 0 Å². The van der Waals surface area contributed by atoms with Gasteiger partial charge in [-0.05, 0) is 30.0 Å². The molecule has 0 fully saturated rings. The highest BCUT2D eigenvalue weighted by molar-refractivity contribution is 7.15. The van der Waals surface area contributed by atoms with E-state index in [-0.39, 0.29) is 5.91 Å². The molecule has 0 atom stereocenters. The van der Waals surface area contributed by atoms with Crippen LogP contribution in [0.5, 0.6) is 5.75 Å². The number of carbonyl (C=O) groups is 1. The Balaban J connectivity index is 1.70. The summed E-state index contributed by atoms with van der Waals surface area (Å²) in [6.45, 7) is 5.29. The van der Waals surface area contributed by atoms with Gasteiger partial charge < -0.3 is 15.8 Å². The lowest BCUT2D eigenvalue weighted by atomic mass is 10.0. The van der Waals surface area contributed by atoms with Gasteiger partial charge in [0.1, 0.15) is 10.8 Å². The highest BCUT2D eigenvalue weighted by atomic mass is 32.1. The van der Waals surface area contributed by atoms with Gasteiger partial charge >= 0.3 is 0 Å². The number of aryl methyl sites for hydroxylation is 1. The standard InChI is InChI=1S/C17H24N4O2S/c1-12(2)13-5-7-14(8-6-13)23-11-3-4-16-20-21-17(24-16)19-15(22)9-10-18/h5-8,12H,3-4,9-11,18H2,1-2H3,(H,19,21,22). The summed E-state index contributed by atoms with van der Waals surface area (Å²) in [5, 5.41) is 12.1. The van der Waals surface area contributed by atoms with Gasteiger partial charge in [-0.1, -0.05) is 37.3 Å². The minimum Gasteiger partial charge on any atom is -0.494 e. The molecule has 130 valence electrons. The molecule has 2 aromatic rings. The van der Waals surface area contributed by atoms with Crippen LogP contribution in [-0.4, -0.2) is 29.3 Å². The molecule has 0 saturated heterocycles. The van der Waals surface area contributed by atoms with E-state index in [0.717, 1.165) is 23.6 Å². The van der Waals surface area contributed by atoms with Gasteiger partial charge in [0, 0.05) is 19.4 Å². The Morgan fingerprint density at radius 2 is 2.04 bits per heavy atom. The van der Waals surface area contributed by atoms with E-state index in [1.165, 1.54) is 16.9 Å². The van der Waals surface area contributed by atoms with Crippen molar-refractivity contribution in [2.45, 2.75) is 39.0 Å². The number of rotatable bonds is 9. The quantitative estimate of drug-likeness (QED) is 0.680. The maximum Gasteiger partial charge on any atom is 0.227 e. The molecule has 1 amide bonds. The fraction of sp³-hybridized carbons (Fsp3) is 0.471. The SMILES string of the molecule is CC(C)c1ccc(OCCCc2nnc(NC(=O)CCN)s2)cc1. The van der Waals surface area contributed by atoms with Gasteiger partial charge in [0.05, 0.1) is 6.61 Å². The van der Waals surface area contributed by atoms with Gasteiger partial charge in [0.25, 0.3) is 0 Å². The van der Waals surface area contributed by atoms with Crippen molar-refractivity contribution in [3.05, 3.63) is 34.8 Å². The first-order chi connectivity index (χ1) is 11.6. The van der Waals surface area contributed by atoms with E-state index in [0.29, 0.717) is 30.6 Å². The number of nitrogens with one attached hydrogen (secondary N) is 1. The van der Waals surface area contributed by atoms with Crippen LogP contribution in [-0.2, 0) is 11.2 Å². The minimum absolute atomic E-state index is 0.131. The molecular weight excluding hydrogens is 324 g/mol. The van der Waals surface area contributed by atoms with Crippen molar-refractivity contribution in [2.24, 2.45) is 5.73 Å². The van der Waals surface area contributed by atoms with Crippen molar-refractivity contribution in [2.75, 3.05) is 18.5 Å². The Morgan fingerprint density at radius 3 is 2.71 bits per heavy atom. The summed E-state index contributed by atoms with van der Waals surface area (Å²) in [4.78, 5) is 11.4. The van der Waals surface area contributed by atoms with Crippen molar-refractivity contribution < 1.29 is 9.53 Å². The Labute approximate surface area is 146 Å². The van der Waals surface area contributed by atoms with Gasteiger partial charge in [0.15, 0.2) is 0 Å². The summed E-state index contributed by atoms with van der Waals surface area (Å²) in [7, 11) is 0. The van der Waals surface area contributed by atoms with Crippen molar-refractivity contribution in [3.63, 3.8) is 0 Å². The fourth-order valence-corrected chi connectivity index (χ4v) is 2.88. The second kappa shape index (κ2) is 9.34. The first-order valence-corrected chi connectivity index (χ1v) is 8.95. The normalized spacial score (nSPS) is 10.8. The highest BCUT2D eigenvalue weighted by Gasteiger charge is 2.07. The summed E-state index contributed by atoms with van der Waals surface area (Å²) in [5.74, 6) is 1.27. The Morgan fingerprint density at radius 1 is 1.29 bits per heavy atom. The van der Waals surface area contributed by atoms with Crippen molar-refractivity contribution in [3.8, 4) is 5.75 Å². The lowest BCUT2D eigenvalue weighted by Crippen LogP contribution is -2.15. The number of anilines is 1. The minimum atomic E-state index is -0.131. The Kier molecular flexibility index (Phi) is 7.14. The molecule has 6 nitrogen and oxygen atoms in total. The third kappa shape index (κ3) is 5.90. The number of amides is 1. The summed E-state index contributed by atoms with van der Waals surface area (Å²) >= 11 is 1.39. The first-order valence-electron chi connectivity index (χ1n) is 8.13. The van der Waals surface area contributed by atoms with E-state index in [2.05, 4.69) is 41.5 Å². The molecule has 1 heterocycles. The molecule has 24 heavy (non-hydrogen) atoms. The predicted octanol–water partition coefficient (Wildman–Crippen LogP) is 2.96. The summed E-state index contributed by atoms with van der Waals surface area (Å²) in [6.07, 6.45) is 1.91. The van der Waals surface area contributed by atoms with Crippen LogP contribution in [0, 0.1) is 0 Å². The van der Waals surface area contributed by atoms with Gasteiger partial charge in [-0.2, -0.15) is 0 Å². The molecule has 0 unspecified atom stereocenters. The Bertz CT molecular complexity index is 640. The molecule has 7 heteroatoms. The van der Waals surface area contributed by atoms with Crippen molar-refractivity contribution >= 4 is 22.4 Å². The third-order valence-electron chi connectivity index (χ3n) is 3.44. The fourth-order valence-electron chi connectivity index (χ4n) is 2.08. The van der Waals surface area contributed by atoms with Crippen LogP contribution >= 0.6 is 11.3 Å². The molecule has 2 rings (SSSR count). The molecule has 0 spiro atoms. The molecule has 0 aliphatic rings. The molecule has 0 bridgehead atoms. The zero-order chi connectivity index (χ0) is 17.4. The number of hydrogen-bond donors (Lipinski definition) is 2. The van der Waals surface area contributed by atoms with E-state index in [1.54, 1.807) is 0 Å². The van der Waals surface area contributed by atoms with Crippen LogP contribution in [0.25, 0.3) is 0 Å². The van der Waals surface area contributed by atoms with Crippen molar-refractivity contribution in [1.82, 2.24) is 10.2 Å².